The van der Waals surface area contributed by atoms with E-state index in [1.54, 1.807) is 6.92 Å². The van der Waals surface area contributed by atoms with Crippen LogP contribution in [-0.2, 0) is 32.2 Å². The molecule has 1 fully saturated rings. The van der Waals surface area contributed by atoms with Gasteiger partial charge in [-0.25, -0.2) is 9.59 Å². The third kappa shape index (κ3) is 8.36. The number of ether oxygens (including phenoxy) is 2. The number of amides is 2. The molecule has 1 aliphatic carbocycles. The Morgan fingerprint density at radius 1 is 0.816 bits per heavy atom. The lowest BCUT2D eigenvalue weighted by molar-refractivity contribution is -0.146. The Kier molecular flexibility index (Phi) is 10.7. The maximum atomic E-state index is 13.6. The van der Waals surface area contributed by atoms with Crippen molar-refractivity contribution in [3.8, 4) is 11.1 Å². The zero-order valence-corrected chi connectivity index (χ0v) is 27.7. The molecule has 4 aromatic carbocycles. The Labute approximate surface area is 287 Å². The van der Waals surface area contributed by atoms with E-state index >= 15 is 0 Å². The highest BCUT2D eigenvalue weighted by Crippen LogP contribution is 2.44. The van der Waals surface area contributed by atoms with E-state index in [1.165, 1.54) is 5.56 Å². The number of fused-ring (bicyclic) bond motifs is 3. The Bertz CT molecular complexity index is 1690. The van der Waals surface area contributed by atoms with Crippen LogP contribution in [0, 0.1) is 0 Å². The van der Waals surface area contributed by atoms with E-state index in [0.717, 1.165) is 34.4 Å². The lowest BCUT2D eigenvalue weighted by Gasteiger charge is -2.42. The molecule has 2 atom stereocenters. The van der Waals surface area contributed by atoms with Crippen molar-refractivity contribution in [3.05, 3.63) is 131 Å². The number of hydrogen-bond donors (Lipinski definition) is 3. The first-order valence-corrected chi connectivity index (χ1v) is 16.9. The van der Waals surface area contributed by atoms with Crippen LogP contribution in [0.15, 0.2) is 109 Å². The Morgan fingerprint density at radius 3 is 1.96 bits per heavy atom. The number of carbonyl (C=O) groups excluding carboxylic acids is 2. The fraction of sp³-hybridized carbons (Fsp3) is 0.325. The SMILES string of the molecule is CC(OCc1ccccc1)C(NC(=O)CC1(NC(=O)OCC2c3ccccc3-c3ccccc32)CCN(Cc2ccccc2)CC1)C(=O)O. The van der Waals surface area contributed by atoms with Crippen LogP contribution < -0.4 is 10.6 Å². The number of rotatable bonds is 13. The average Bonchev–Trinajstić information content (AvgIpc) is 3.44. The number of nitrogens with one attached hydrogen (secondary N) is 2. The highest BCUT2D eigenvalue weighted by molar-refractivity contribution is 5.85. The summed E-state index contributed by atoms with van der Waals surface area (Å²) in [5.41, 5.74) is 5.68. The molecule has 0 bridgehead atoms. The second kappa shape index (κ2) is 15.5. The van der Waals surface area contributed by atoms with Crippen molar-refractivity contribution in [1.29, 1.82) is 0 Å². The third-order valence-corrected chi connectivity index (χ3v) is 9.68. The minimum absolute atomic E-state index is 0.0917. The van der Waals surface area contributed by atoms with Crippen molar-refractivity contribution < 1.29 is 29.0 Å². The van der Waals surface area contributed by atoms with Gasteiger partial charge in [-0.1, -0.05) is 109 Å². The highest BCUT2D eigenvalue weighted by Gasteiger charge is 2.40. The number of hydrogen-bond acceptors (Lipinski definition) is 6. The fourth-order valence-electron chi connectivity index (χ4n) is 6.99. The van der Waals surface area contributed by atoms with Gasteiger partial charge >= 0.3 is 12.1 Å². The first kappa shape index (κ1) is 33.9. The van der Waals surface area contributed by atoms with Crippen molar-refractivity contribution in [2.24, 2.45) is 0 Å². The molecule has 2 unspecified atom stereocenters. The molecule has 9 nitrogen and oxygen atoms in total. The number of carbonyl (C=O) groups is 3. The Hall–Kier alpha value is -4.99. The van der Waals surface area contributed by atoms with Gasteiger partial charge in [0.2, 0.25) is 5.91 Å². The van der Waals surface area contributed by atoms with Crippen LogP contribution in [-0.4, -0.2) is 65.4 Å². The molecule has 1 saturated heterocycles. The Balaban J connectivity index is 1.12. The lowest BCUT2D eigenvalue weighted by atomic mass is 9.83. The smallest absolute Gasteiger partial charge is 0.407 e. The number of likely N-dealkylation sites (tertiary alicyclic amines) is 1. The molecule has 1 heterocycles. The summed E-state index contributed by atoms with van der Waals surface area (Å²) in [5.74, 6) is -1.76. The molecule has 4 aromatic rings. The number of alkyl carbamates (subject to hydrolysis) is 1. The largest absolute Gasteiger partial charge is 0.480 e. The van der Waals surface area contributed by atoms with Crippen molar-refractivity contribution >= 4 is 18.0 Å². The Morgan fingerprint density at radius 2 is 1.37 bits per heavy atom. The molecule has 0 radical (unpaired) electrons. The van der Waals surface area contributed by atoms with Crippen molar-refractivity contribution in [2.45, 2.75) is 62.9 Å². The van der Waals surface area contributed by atoms with E-state index in [1.807, 2.05) is 72.8 Å². The number of carboxylic acid groups (broad SMARTS) is 1. The molecular weight excluding hydrogens is 618 g/mol. The summed E-state index contributed by atoms with van der Waals surface area (Å²) in [4.78, 5) is 41.6. The van der Waals surface area contributed by atoms with E-state index in [2.05, 4.69) is 51.9 Å². The molecule has 49 heavy (non-hydrogen) atoms. The minimum atomic E-state index is -1.26. The maximum Gasteiger partial charge on any atom is 0.407 e. The summed E-state index contributed by atoms with van der Waals surface area (Å²) >= 11 is 0. The summed E-state index contributed by atoms with van der Waals surface area (Å²) in [6.07, 6.45) is -0.489. The van der Waals surface area contributed by atoms with E-state index in [-0.39, 0.29) is 25.6 Å². The van der Waals surface area contributed by atoms with Gasteiger partial charge in [0.05, 0.1) is 18.2 Å². The number of benzene rings is 4. The first-order chi connectivity index (χ1) is 23.8. The van der Waals surface area contributed by atoms with Gasteiger partial charge in [0.1, 0.15) is 6.61 Å². The van der Waals surface area contributed by atoms with E-state index in [0.29, 0.717) is 25.9 Å². The van der Waals surface area contributed by atoms with Crippen LogP contribution >= 0.6 is 0 Å². The number of carboxylic acids is 1. The summed E-state index contributed by atoms with van der Waals surface area (Å²) in [5, 5.41) is 15.8. The van der Waals surface area contributed by atoms with Crippen LogP contribution in [0.1, 0.15) is 54.4 Å². The van der Waals surface area contributed by atoms with Gasteiger partial charge in [-0.3, -0.25) is 9.69 Å². The molecule has 1 aliphatic heterocycles. The summed E-state index contributed by atoms with van der Waals surface area (Å²) in [6, 6.07) is 34.7. The van der Waals surface area contributed by atoms with Gasteiger partial charge in [-0.2, -0.15) is 0 Å². The molecule has 2 amide bonds. The topological polar surface area (TPSA) is 117 Å². The minimum Gasteiger partial charge on any atom is -0.480 e. The van der Waals surface area contributed by atoms with Crippen LogP contribution in [0.2, 0.25) is 0 Å². The lowest BCUT2D eigenvalue weighted by Crippen LogP contribution is -2.58. The maximum absolute atomic E-state index is 13.6. The fourth-order valence-corrected chi connectivity index (χ4v) is 6.99. The molecule has 9 heteroatoms. The average molecular weight is 662 g/mol. The van der Waals surface area contributed by atoms with Gasteiger partial charge < -0.3 is 25.2 Å². The van der Waals surface area contributed by atoms with E-state index in [9.17, 15) is 19.5 Å². The van der Waals surface area contributed by atoms with Gasteiger partial charge in [-0.05, 0) is 53.1 Å². The zero-order valence-electron chi connectivity index (χ0n) is 27.7. The molecule has 254 valence electrons. The molecular formula is C40H43N3O6. The molecule has 0 spiro atoms. The van der Waals surface area contributed by atoms with Crippen LogP contribution in [0.25, 0.3) is 11.1 Å². The van der Waals surface area contributed by atoms with Crippen molar-refractivity contribution in [3.63, 3.8) is 0 Å². The zero-order chi connectivity index (χ0) is 34.2. The van der Waals surface area contributed by atoms with E-state index in [4.69, 9.17) is 9.47 Å². The summed E-state index contributed by atoms with van der Waals surface area (Å²) in [6.45, 7) is 4.04. The van der Waals surface area contributed by atoms with Crippen LogP contribution in [0.3, 0.4) is 0 Å². The summed E-state index contributed by atoms with van der Waals surface area (Å²) in [7, 11) is 0. The standard InChI is InChI=1S/C40H43N3O6/c1-28(48-26-30-14-6-3-7-15-30)37(38(45)46)41-36(44)24-40(20-22-43(23-21-40)25-29-12-4-2-5-13-29)42-39(47)49-27-35-33-18-10-8-16-31(33)32-17-9-11-19-34(32)35/h2-19,28,35,37H,20-27H2,1H3,(H,41,44)(H,42,47)(H,45,46). The summed E-state index contributed by atoms with van der Waals surface area (Å²) < 4.78 is 11.7. The second-order valence-electron chi connectivity index (χ2n) is 13.1. The second-order valence-corrected chi connectivity index (χ2v) is 13.1. The number of nitrogens with zero attached hydrogens (tertiary/aromatic N) is 1. The van der Waals surface area contributed by atoms with Gasteiger partial charge in [0.15, 0.2) is 6.04 Å². The molecule has 0 saturated carbocycles. The van der Waals surface area contributed by atoms with Crippen LogP contribution in [0.5, 0.6) is 0 Å². The van der Waals surface area contributed by atoms with E-state index < -0.39 is 35.7 Å². The molecule has 3 N–H and O–H groups in total. The number of piperidine rings is 1. The predicted molar refractivity (Wildman–Crippen MR) is 187 cm³/mol. The molecule has 0 aromatic heterocycles. The number of aliphatic carboxylic acids is 1. The van der Waals surface area contributed by atoms with Crippen LogP contribution in [0.4, 0.5) is 4.79 Å². The molecule has 2 aliphatic rings. The monoisotopic (exact) mass is 661 g/mol. The molecule has 6 rings (SSSR count). The predicted octanol–water partition coefficient (Wildman–Crippen LogP) is 6.12. The first-order valence-electron chi connectivity index (χ1n) is 16.9. The van der Waals surface area contributed by atoms with Gasteiger partial charge in [0, 0.05) is 32.0 Å². The highest BCUT2D eigenvalue weighted by atomic mass is 16.5. The normalized spacial score (nSPS) is 16.5. The third-order valence-electron chi connectivity index (χ3n) is 9.68. The van der Waals surface area contributed by atoms with Crippen molar-refractivity contribution in [2.75, 3.05) is 19.7 Å². The quantitative estimate of drug-likeness (QED) is 0.158. The van der Waals surface area contributed by atoms with Gasteiger partial charge in [-0.15, -0.1) is 0 Å². The van der Waals surface area contributed by atoms with Gasteiger partial charge in [0.25, 0.3) is 0 Å². The van der Waals surface area contributed by atoms with Crippen molar-refractivity contribution in [1.82, 2.24) is 15.5 Å².